The van der Waals surface area contributed by atoms with E-state index >= 15 is 0 Å². The third-order valence-corrected chi connectivity index (χ3v) is 4.27. The van der Waals surface area contributed by atoms with Crippen molar-refractivity contribution in [1.29, 1.82) is 0 Å². The standard InChI is InChI=1S/C21H33N3O12/c25-21(26)3-5-31-7-9-33-11-13-35-15-16-36-14-12-34-10-8-32-6-4-22-19-2-1-18(23(27)28)17-20(19)24(29)30/h1-2,17,22H,3-16H2,(H,25,26). The minimum absolute atomic E-state index is 0.0244. The van der Waals surface area contributed by atoms with Crippen molar-refractivity contribution in [3.05, 3.63) is 38.4 Å². The van der Waals surface area contributed by atoms with Crippen molar-refractivity contribution >= 4 is 23.0 Å². The van der Waals surface area contributed by atoms with Gasteiger partial charge in [0.1, 0.15) is 5.69 Å². The molecule has 0 spiro atoms. The van der Waals surface area contributed by atoms with E-state index in [4.69, 9.17) is 33.5 Å². The minimum atomic E-state index is -0.895. The van der Waals surface area contributed by atoms with Gasteiger partial charge >= 0.3 is 5.97 Å². The number of carboxylic acids is 1. The fourth-order valence-corrected chi connectivity index (χ4v) is 2.55. The van der Waals surface area contributed by atoms with Gasteiger partial charge in [-0.15, -0.1) is 0 Å². The monoisotopic (exact) mass is 519 g/mol. The van der Waals surface area contributed by atoms with Crippen LogP contribution in [0.3, 0.4) is 0 Å². The smallest absolute Gasteiger partial charge is 0.305 e. The maximum absolute atomic E-state index is 11.1. The Bertz CT molecular complexity index is 781. The van der Waals surface area contributed by atoms with Gasteiger partial charge < -0.3 is 38.8 Å². The number of nitro benzene ring substituents is 2. The van der Waals surface area contributed by atoms with Crippen molar-refractivity contribution in [2.75, 3.05) is 91.1 Å². The van der Waals surface area contributed by atoms with Gasteiger partial charge in [0.05, 0.1) is 102 Å². The van der Waals surface area contributed by atoms with Gasteiger partial charge in [0, 0.05) is 12.6 Å². The summed E-state index contributed by atoms with van der Waals surface area (Å²) in [5.74, 6) is -0.895. The number of ether oxygens (including phenoxy) is 6. The summed E-state index contributed by atoms with van der Waals surface area (Å²) in [5, 5.41) is 33.1. The Morgan fingerprint density at radius 2 is 1.17 bits per heavy atom. The molecule has 0 saturated heterocycles. The number of nitrogens with zero attached hydrogens (tertiary/aromatic N) is 2. The SMILES string of the molecule is O=C(O)CCOCCOCCOCCOCCOCCOCCNc1ccc([N+](=O)[O-])cc1[N+](=O)[O-]. The van der Waals surface area contributed by atoms with Crippen molar-refractivity contribution in [2.45, 2.75) is 6.42 Å². The number of rotatable bonds is 24. The van der Waals surface area contributed by atoms with Crippen LogP contribution in [0.15, 0.2) is 18.2 Å². The van der Waals surface area contributed by atoms with E-state index in [1.54, 1.807) is 0 Å². The van der Waals surface area contributed by atoms with Crippen LogP contribution in [-0.4, -0.2) is 107 Å². The highest BCUT2D eigenvalue weighted by molar-refractivity contribution is 5.66. The Morgan fingerprint density at radius 3 is 1.58 bits per heavy atom. The largest absolute Gasteiger partial charge is 0.481 e. The highest BCUT2D eigenvalue weighted by atomic mass is 16.6. The molecule has 0 bridgehead atoms. The number of hydrogen-bond acceptors (Lipinski definition) is 12. The maximum atomic E-state index is 11.1. The summed E-state index contributed by atoms with van der Waals surface area (Å²) in [6.07, 6.45) is -0.0244. The van der Waals surface area contributed by atoms with Gasteiger partial charge in [-0.3, -0.25) is 25.0 Å². The Kier molecular flexibility index (Phi) is 17.5. The second kappa shape index (κ2) is 20.3. The number of carbonyl (C=O) groups is 1. The molecule has 0 atom stereocenters. The molecule has 2 N–H and O–H groups in total. The van der Waals surface area contributed by atoms with Crippen molar-refractivity contribution < 1.29 is 48.2 Å². The molecule has 0 aliphatic rings. The fourth-order valence-electron chi connectivity index (χ4n) is 2.55. The van der Waals surface area contributed by atoms with Gasteiger partial charge in [-0.2, -0.15) is 0 Å². The molecule has 36 heavy (non-hydrogen) atoms. The van der Waals surface area contributed by atoms with Gasteiger partial charge in [-0.25, -0.2) is 0 Å². The lowest BCUT2D eigenvalue weighted by atomic mass is 10.2. The van der Waals surface area contributed by atoms with Gasteiger partial charge in [-0.1, -0.05) is 0 Å². The first-order valence-electron chi connectivity index (χ1n) is 11.3. The number of aliphatic carboxylic acids is 1. The molecule has 0 radical (unpaired) electrons. The van der Waals surface area contributed by atoms with Crippen LogP contribution in [0.2, 0.25) is 0 Å². The second-order valence-corrected chi connectivity index (χ2v) is 6.96. The zero-order valence-corrected chi connectivity index (χ0v) is 20.0. The third-order valence-electron chi connectivity index (χ3n) is 4.27. The van der Waals surface area contributed by atoms with Crippen molar-refractivity contribution in [3.8, 4) is 0 Å². The van der Waals surface area contributed by atoms with Crippen molar-refractivity contribution in [1.82, 2.24) is 0 Å². The van der Waals surface area contributed by atoms with Crippen molar-refractivity contribution in [2.24, 2.45) is 0 Å². The van der Waals surface area contributed by atoms with Crippen LogP contribution in [0, 0.1) is 20.2 Å². The van der Waals surface area contributed by atoms with E-state index in [1.807, 2.05) is 0 Å². The average Bonchev–Trinajstić information content (AvgIpc) is 2.84. The Balaban J connectivity index is 1.87. The molecule has 1 rings (SSSR count). The summed E-state index contributed by atoms with van der Waals surface area (Å²) in [6.45, 7) is 4.57. The highest BCUT2D eigenvalue weighted by Gasteiger charge is 2.18. The second-order valence-electron chi connectivity index (χ2n) is 6.96. The first-order chi connectivity index (χ1) is 17.4. The zero-order valence-electron chi connectivity index (χ0n) is 20.0. The average molecular weight is 520 g/mol. The number of non-ortho nitro benzene ring substituents is 1. The lowest BCUT2D eigenvalue weighted by Crippen LogP contribution is -2.15. The Hall–Kier alpha value is -2.95. The van der Waals surface area contributed by atoms with Gasteiger partial charge in [0.2, 0.25) is 0 Å². The van der Waals surface area contributed by atoms with Crippen LogP contribution in [0.5, 0.6) is 0 Å². The summed E-state index contributed by atoms with van der Waals surface area (Å²) in [7, 11) is 0. The number of nitrogens with one attached hydrogen (secondary N) is 1. The first kappa shape index (κ1) is 31.1. The summed E-state index contributed by atoms with van der Waals surface area (Å²) < 4.78 is 31.8. The molecule has 15 nitrogen and oxygen atoms in total. The summed E-state index contributed by atoms with van der Waals surface area (Å²) in [5.41, 5.74) is -0.542. The molecule has 0 aliphatic carbocycles. The molecule has 15 heteroatoms. The van der Waals surface area contributed by atoms with E-state index < -0.39 is 15.8 Å². The number of benzene rings is 1. The summed E-state index contributed by atoms with van der Waals surface area (Å²) >= 11 is 0. The number of hydrogen-bond donors (Lipinski definition) is 2. The van der Waals surface area contributed by atoms with E-state index in [-0.39, 0.29) is 43.2 Å². The number of nitro groups is 2. The van der Waals surface area contributed by atoms with E-state index in [9.17, 15) is 25.0 Å². The van der Waals surface area contributed by atoms with E-state index in [0.29, 0.717) is 66.1 Å². The van der Waals surface area contributed by atoms with Crippen LogP contribution < -0.4 is 5.32 Å². The predicted molar refractivity (Wildman–Crippen MR) is 125 cm³/mol. The lowest BCUT2D eigenvalue weighted by molar-refractivity contribution is -0.393. The molecule has 0 heterocycles. The molecule has 204 valence electrons. The molecular weight excluding hydrogens is 486 g/mol. The Morgan fingerprint density at radius 1 is 0.722 bits per heavy atom. The molecule has 0 aliphatic heterocycles. The zero-order chi connectivity index (χ0) is 26.4. The number of anilines is 1. The van der Waals surface area contributed by atoms with Crippen LogP contribution in [-0.2, 0) is 33.2 Å². The van der Waals surface area contributed by atoms with E-state index in [0.717, 1.165) is 6.07 Å². The lowest BCUT2D eigenvalue weighted by Gasteiger charge is -2.09. The molecule has 0 unspecified atom stereocenters. The van der Waals surface area contributed by atoms with Crippen LogP contribution in [0.1, 0.15) is 6.42 Å². The highest BCUT2D eigenvalue weighted by Crippen LogP contribution is 2.28. The van der Waals surface area contributed by atoms with Gasteiger partial charge in [0.15, 0.2) is 0 Å². The normalized spacial score (nSPS) is 10.9. The van der Waals surface area contributed by atoms with Gasteiger partial charge in [-0.05, 0) is 6.07 Å². The fraction of sp³-hybridized carbons (Fsp3) is 0.667. The summed E-state index contributed by atoms with van der Waals surface area (Å²) in [6, 6.07) is 3.40. The molecule has 0 amide bonds. The maximum Gasteiger partial charge on any atom is 0.305 e. The van der Waals surface area contributed by atoms with Gasteiger partial charge in [0.25, 0.3) is 11.4 Å². The van der Waals surface area contributed by atoms with Crippen LogP contribution >= 0.6 is 0 Å². The van der Waals surface area contributed by atoms with Crippen molar-refractivity contribution in [3.63, 3.8) is 0 Å². The molecule has 1 aromatic rings. The summed E-state index contributed by atoms with van der Waals surface area (Å²) in [4.78, 5) is 30.7. The van der Waals surface area contributed by atoms with Crippen LogP contribution in [0.4, 0.5) is 17.1 Å². The molecule has 0 aromatic heterocycles. The van der Waals surface area contributed by atoms with E-state index in [2.05, 4.69) is 5.32 Å². The number of carboxylic acid groups (broad SMARTS) is 1. The Labute approximate surface area is 207 Å². The minimum Gasteiger partial charge on any atom is -0.481 e. The topological polar surface area (TPSA) is 191 Å². The quantitative estimate of drug-likeness (QED) is 0.113. The first-order valence-corrected chi connectivity index (χ1v) is 11.3. The van der Waals surface area contributed by atoms with Crippen LogP contribution in [0.25, 0.3) is 0 Å². The molecule has 1 aromatic carbocycles. The molecule has 0 fully saturated rings. The third kappa shape index (κ3) is 15.9. The predicted octanol–water partition coefficient (Wildman–Crippen LogP) is 1.49. The van der Waals surface area contributed by atoms with E-state index in [1.165, 1.54) is 12.1 Å². The molecular formula is C21H33N3O12. The molecule has 0 saturated carbocycles.